The summed E-state index contributed by atoms with van der Waals surface area (Å²) in [6.45, 7) is 2.36. The van der Waals surface area contributed by atoms with Crippen LogP contribution in [0.25, 0.3) is 84.5 Å². The van der Waals surface area contributed by atoms with Crippen molar-refractivity contribution in [2.45, 2.75) is 32.1 Å². The first-order chi connectivity index (χ1) is 25.7. The Balaban J connectivity index is 1.10. The average Bonchev–Trinajstić information content (AvgIpc) is 3.86. The van der Waals surface area contributed by atoms with Crippen LogP contribution in [0.2, 0.25) is 0 Å². The smallest absolute Gasteiger partial charge is 0.238 e. The van der Waals surface area contributed by atoms with Gasteiger partial charge < -0.3 is 8.98 Å². The molecule has 0 spiro atoms. The minimum atomic E-state index is 0.466. The number of rotatable bonds is 4. The van der Waals surface area contributed by atoms with Crippen LogP contribution in [0.5, 0.6) is 0 Å². The molecule has 2 aliphatic rings. The summed E-state index contributed by atoms with van der Waals surface area (Å²) in [4.78, 5) is 10.4. The van der Waals surface area contributed by atoms with Gasteiger partial charge in [-0.15, -0.1) is 0 Å². The van der Waals surface area contributed by atoms with E-state index in [0.717, 1.165) is 57.9 Å². The molecule has 4 aromatic heterocycles. The molecule has 0 saturated carbocycles. The second kappa shape index (κ2) is 11.3. The van der Waals surface area contributed by atoms with Gasteiger partial charge in [0.05, 0.1) is 22.1 Å². The van der Waals surface area contributed by atoms with E-state index in [9.17, 15) is 0 Å². The Kier molecular flexibility index (Phi) is 6.35. The predicted molar refractivity (Wildman–Crippen MR) is 213 cm³/mol. The van der Waals surface area contributed by atoms with E-state index in [-0.39, 0.29) is 0 Å². The minimum absolute atomic E-state index is 0.466. The summed E-state index contributed by atoms with van der Waals surface area (Å²) in [5.41, 5.74) is 14.9. The molecule has 0 saturated heterocycles. The lowest BCUT2D eigenvalue weighted by atomic mass is 9.87. The first kappa shape index (κ1) is 29.3. The van der Waals surface area contributed by atoms with Gasteiger partial charge in [0.1, 0.15) is 5.58 Å². The highest BCUT2D eigenvalue weighted by Gasteiger charge is 2.29. The maximum Gasteiger partial charge on any atom is 0.238 e. The summed E-state index contributed by atoms with van der Waals surface area (Å²) >= 11 is 0. The van der Waals surface area contributed by atoms with Crippen LogP contribution in [-0.4, -0.2) is 19.1 Å². The van der Waals surface area contributed by atoms with Crippen LogP contribution < -0.4 is 0 Å². The molecule has 0 fully saturated rings. The summed E-state index contributed by atoms with van der Waals surface area (Å²) in [6.07, 6.45) is 10.2. The molecule has 5 nitrogen and oxygen atoms in total. The molecule has 0 aliphatic heterocycles. The second-order valence-electron chi connectivity index (χ2n) is 14.1. The summed E-state index contributed by atoms with van der Waals surface area (Å²) in [6, 6.07) is 44.9. The molecule has 248 valence electrons. The summed E-state index contributed by atoms with van der Waals surface area (Å²) < 4.78 is 11.1. The van der Waals surface area contributed by atoms with Gasteiger partial charge in [0.25, 0.3) is 0 Å². The van der Waals surface area contributed by atoms with Gasteiger partial charge in [0.15, 0.2) is 0 Å². The number of hydrogen-bond acceptors (Lipinski definition) is 3. The van der Waals surface area contributed by atoms with Gasteiger partial charge in [0.2, 0.25) is 11.7 Å². The molecular weight excluding hydrogens is 637 g/mol. The molecule has 0 bridgehead atoms. The van der Waals surface area contributed by atoms with Crippen molar-refractivity contribution in [1.82, 2.24) is 19.1 Å². The van der Waals surface area contributed by atoms with E-state index < -0.39 is 0 Å². The molecule has 2 aliphatic carbocycles. The minimum Gasteiger partial charge on any atom is -0.437 e. The van der Waals surface area contributed by atoms with E-state index in [1.807, 2.05) is 24.3 Å². The van der Waals surface area contributed by atoms with Crippen molar-refractivity contribution in [2.24, 2.45) is 0 Å². The van der Waals surface area contributed by atoms with Crippen molar-refractivity contribution < 1.29 is 4.42 Å². The first-order valence-electron chi connectivity index (χ1n) is 18.2. The van der Waals surface area contributed by atoms with E-state index >= 15 is 0 Å². The highest BCUT2D eigenvalue weighted by atomic mass is 16.3. The Morgan fingerprint density at radius 3 is 2.27 bits per heavy atom. The Bertz CT molecular complexity index is 2940. The zero-order valence-corrected chi connectivity index (χ0v) is 28.8. The number of hydrogen-bond donors (Lipinski definition) is 0. The second-order valence-corrected chi connectivity index (χ2v) is 14.1. The molecule has 1 atom stereocenters. The predicted octanol–water partition coefficient (Wildman–Crippen LogP) is 11.9. The van der Waals surface area contributed by atoms with Crippen molar-refractivity contribution in [3.63, 3.8) is 0 Å². The molecule has 0 amide bonds. The Morgan fingerprint density at radius 1 is 0.654 bits per heavy atom. The van der Waals surface area contributed by atoms with Crippen molar-refractivity contribution in [2.75, 3.05) is 0 Å². The number of para-hydroxylation sites is 3. The molecule has 9 aromatic rings. The van der Waals surface area contributed by atoms with Gasteiger partial charge in [-0.1, -0.05) is 110 Å². The third kappa shape index (κ3) is 4.29. The fourth-order valence-corrected chi connectivity index (χ4v) is 8.75. The van der Waals surface area contributed by atoms with Crippen LogP contribution in [0, 0.1) is 0 Å². The standard InChI is InChI=1S/C47H34N4O/c1-29-13-12-20-35-38-28-32(23-25-40(38)50(45(29)35)33-16-6-3-7-17-33)31-24-26-41-37(27-31)34-18-8-10-21-39(34)51(41)47-48-44(30-14-4-2-5-15-30)43-36-19-9-11-22-42(36)52-46(43)49-47/h2-12,14-22,24,26-29H,13,23,25H2,1H3. The maximum atomic E-state index is 6.40. The van der Waals surface area contributed by atoms with Crippen molar-refractivity contribution in [3.05, 3.63) is 162 Å². The summed E-state index contributed by atoms with van der Waals surface area (Å²) in [5.74, 6) is 1.06. The van der Waals surface area contributed by atoms with Crippen LogP contribution in [-0.2, 0) is 6.42 Å². The molecule has 1 unspecified atom stereocenters. The molecule has 5 heteroatoms. The van der Waals surface area contributed by atoms with E-state index in [4.69, 9.17) is 14.4 Å². The third-order valence-electron chi connectivity index (χ3n) is 11.1. The van der Waals surface area contributed by atoms with Gasteiger partial charge >= 0.3 is 0 Å². The van der Waals surface area contributed by atoms with Crippen LogP contribution >= 0.6 is 0 Å². The number of aromatic nitrogens is 4. The number of fused-ring (bicyclic) bond motifs is 9. The number of furan rings is 1. The fraction of sp³-hybridized carbons (Fsp3) is 0.106. The average molecular weight is 671 g/mol. The Morgan fingerprint density at radius 2 is 1.40 bits per heavy atom. The maximum absolute atomic E-state index is 6.40. The lowest BCUT2D eigenvalue weighted by Gasteiger charge is -2.21. The molecule has 0 radical (unpaired) electrons. The van der Waals surface area contributed by atoms with Gasteiger partial charge in [-0.2, -0.15) is 4.98 Å². The molecule has 11 rings (SSSR count). The monoisotopic (exact) mass is 670 g/mol. The molecular formula is C47H34N4O. The molecule has 5 aromatic carbocycles. The first-order valence-corrected chi connectivity index (χ1v) is 18.2. The largest absolute Gasteiger partial charge is 0.437 e. The lowest BCUT2D eigenvalue weighted by Crippen LogP contribution is -2.10. The summed E-state index contributed by atoms with van der Waals surface area (Å²) in [7, 11) is 0. The quantitative estimate of drug-likeness (QED) is 0.187. The fourth-order valence-electron chi connectivity index (χ4n) is 8.75. The van der Waals surface area contributed by atoms with Gasteiger partial charge in [-0.3, -0.25) is 4.57 Å². The van der Waals surface area contributed by atoms with Gasteiger partial charge in [-0.25, -0.2) is 4.98 Å². The topological polar surface area (TPSA) is 48.8 Å². The summed E-state index contributed by atoms with van der Waals surface area (Å²) in [5, 5.41) is 4.32. The van der Waals surface area contributed by atoms with Crippen LogP contribution in [0.1, 0.15) is 53.8 Å². The van der Waals surface area contributed by atoms with Crippen molar-refractivity contribution >= 4 is 61.6 Å². The molecule has 4 heterocycles. The number of allylic oxidation sites excluding steroid dienone is 2. The lowest BCUT2D eigenvalue weighted by molar-refractivity contribution is 0.651. The normalized spacial score (nSPS) is 15.4. The van der Waals surface area contributed by atoms with Crippen LogP contribution in [0.15, 0.2) is 138 Å². The zero-order valence-electron chi connectivity index (χ0n) is 28.8. The molecule has 0 N–H and O–H groups in total. The van der Waals surface area contributed by atoms with E-state index in [1.165, 1.54) is 50.1 Å². The SMILES string of the molecule is CC1CC=Cc2c3c(n(-c4ccccc4)c21)CCC(c1ccc2c(c1)c1ccccc1n2-c1nc(-c2ccccc2)c2c(n1)oc1ccccc12)=C3. The number of benzene rings is 5. The van der Waals surface area contributed by atoms with E-state index in [1.54, 1.807) is 0 Å². The third-order valence-corrected chi connectivity index (χ3v) is 11.1. The van der Waals surface area contributed by atoms with Gasteiger partial charge in [-0.05, 0) is 72.9 Å². The van der Waals surface area contributed by atoms with Gasteiger partial charge in [0, 0.05) is 55.8 Å². The van der Waals surface area contributed by atoms with Crippen LogP contribution in [0.3, 0.4) is 0 Å². The van der Waals surface area contributed by atoms with E-state index in [0.29, 0.717) is 17.6 Å². The van der Waals surface area contributed by atoms with E-state index in [2.05, 4.69) is 137 Å². The Labute approximate surface area is 300 Å². The van der Waals surface area contributed by atoms with Crippen LogP contribution in [0.4, 0.5) is 0 Å². The van der Waals surface area contributed by atoms with Crippen molar-refractivity contribution in [1.29, 1.82) is 0 Å². The highest BCUT2D eigenvalue weighted by Crippen LogP contribution is 2.44. The highest BCUT2D eigenvalue weighted by molar-refractivity contribution is 6.12. The van der Waals surface area contributed by atoms with Crippen molar-refractivity contribution in [3.8, 4) is 22.9 Å². The Hall–Kier alpha value is -6.46. The zero-order chi connectivity index (χ0) is 34.3. The number of nitrogens with zero attached hydrogens (tertiary/aromatic N) is 4. The molecule has 52 heavy (non-hydrogen) atoms.